The molecule has 0 fully saturated rings. The SMILES string of the molecule is CN(C)CCCNc1ccc(C(=O)Nc2ccc3c(c2)OCCO3)nn1. The number of fused-ring (bicyclic) bond motifs is 1. The van der Waals surface area contributed by atoms with Crippen LogP contribution in [0.3, 0.4) is 0 Å². The van der Waals surface area contributed by atoms with Gasteiger partial charge in [-0.3, -0.25) is 4.79 Å². The van der Waals surface area contributed by atoms with Gasteiger partial charge in [-0.15, -0.1) is 10.2 Å². The molecule has 0 radical (unpaired) electrons. The van der Waals surface area contributed by atoms with E-state index < -0.39 is 0 Å². The van der Waals surface area contributed by atoms with Crippen molar-refractivity contribution in [2.24, 2.45) is 0 Å². The molecule has 8 heteroatoms. The van der Waals surface area contributed by atoms with E-state index in [0.29, 0.717) is 36.2 Å². The third-order valence-corrected chi connectivity index (χ3v) is 3.79. The van der Waals surface area contributed by atoms with Crippen molar-refractivity contribution in [1.29, 1.82) is 0 Å². The van der Waals surface area contributed by atoms with E-state index in [-0.39, 0.29) is 11.6 Å². The normalized spacial score (nSPS) is 12.7. The molecule has 26 heavy (non-hydrogen) atoms. The number of nitrogens with one attached hydrogen (secondary N) is 2. The highest BCUT2D eigenvalue weighted by Gasteiger charge is 2.14. The second-order valence-corrected chi connectivity index (χ2v) is 6.20. The van der Waals surface area contributed by atoms with Crippen molar-refractivity contribution in [2.45, 2.75) is 6.42 Å². The predicted molar refractivity (Wildman–Crippen MR) is 99.1 cm³/mol. The van der Waals surface area contributed by atoms with E-state index in [1.165, 1.54) is 0 Å². The Bertz CT molecular complexity index is 749. The second-order valence-electron chi connectivity index (χ2n) is 6.20. The maximum absolute atomic E-state index is 12.3. The number of aromatic nitrogens is 2. The van der Waals surface area contributed by atoms with Crippen molar-refractivity contribution in [3.8, 4) is 11.5 Å². The molecule has 2 aromatic rings. The summed E-state index contributed by atoms with van der Waals surface area (Å²) in [5.74, 6) is 1.63. The summed E-state index contributed by atoms with van der Waals surface area (Å²) < 4.78 is 11.0. The van der Waals surface area contributed by atoms with Gasteiger partial charge in [0.05, 0.1) is 0 Å². The van der Waals surface area contributed by atoms with E-state index in [1.54, 1.807) is 30.3 Å². The van der Waals surface area contributed by atoms with Crippen molar-refractivity contribution >= 4 is 17.4 Å². The zero-order valence-corrected chi connectivity index (χ0v) is 15.0. The van der Waals surface area contributed by atoms with Gasteiger partial charge in [0.25, 0.3) is 5.91 Å². The molecule has 0 unspecified atom stereocenters. The minimum absolute atomic E-state index is 0.249. The number of hydrogen-bond donors (Lipinski definition) is 2. The Morgan fingerprint density at radius 1 is 1.12 bits per heavy atom. The molecule has 0 atom stereocenters. The van der Waals surface area contributed by atoms with E-state index in [1.807, 2.05) is 14.1 Å². The summed E-state index contributed by atoms with van der Waals surface area (Å²) in [6.45, 7) is 2.83. The minimum Gasteiger partial charge on any atom is -0.486 e. The number of benzene rings is 1. The Labute approximate surface area is 152 Å². The van der Waals surface area contributed by atoms with Gasteiger partial charge >= 0.3 is 0 Å². The third kappa shape index (κ3) is 4.82. The molecule has 138 valence electrons. The summed E-state index contributed by atoms with van der Waals surface area (Å²) in [7, 11) is 4.07. The lowest BCUT2D eigenvalue weighted by atomic mass is 10.2. The topological polar surface area (TPSA) is 88.6 Å². The van der Waals surface area contributed by atoms with Crippen molar-refractivity contribution in [3.05, 3.63) is 36.0 Å². The van der Waals surface area contributed by atoms with Crippen LogP contribution < -0.4 is 20.1 Å². The summed E-state index contributed by atoms with van der Waals surface area (Å²) >= 11 is 0. The first-order valence-electron chi connectivity index (χ1n) is 8.55. The summed E-state index contributed by atoms with van der Waals surface area (Å²) in [4.78, 5) is 14.4. The molecular weight excluding hydrogens is 334 g/mol. The van der Waals surface area contributed by atoms with Crippen LogP contribution >= 0.6 is 0 Å². The molecule has 2 N–H and O–H groups in total. The molecule has 8 nitrogen and oxygen atoms in total. The molecule has 0 saturated carbocycles. The van der Waals surface area contributed by atoms with Gasteiger partial charge in [-0.05, 0) is 51.3 Å². The van der Waals surface area contributed by atoms with Crippen LogP contribution in [0.2, 0.25) is 0 Å². The maximum atomic E-state index is 12.3. The Morgan fingerprint density at radius 2 is 1.92 bits per heavy atom. The highest BCUT2D eigenvalue weighted by molar-refractivity contribution is 6.02. The van der Waals surface area contributed by atoms with Crippen molar-refractivity contribution in [1.82, 2.24) is 15.1 Å². The van der Waals surface area contributed by atoms with Gasteiger partial charge in [0.1, 0.15) is 19.0 Å². The fourth-order valence-electron chi connectivity index (χ4n) is 2.48. The van der Waals surface area contributed by atoms with E-state index in [4.69, 9.17) is 9.47 Å². The van der Waals surface area contributed by atoms with Gasteiger partial charge in [0.2, 0.25) is 0 Å². The van der Waals surface area contributed by atoms with Crippen LogP contribution in [0.1, 0.15) is 16.9 Å². The fraction of sp³-hybridized carbons (Fsp3) is 0.389. The molecule has 0 saturated heterocycles. The Kier molecular flexibility index (Phi) is 5.85. The number of carbonyl (C=O) groups is 1. The molecule has 1 aliphatic rings. The molecule has 1 aromatic carbocycles. The van der Waals surface area contributed by atoms with E-state index in [9.17, 15) is 4.79 Å². The first-order valence-corrected chi connectivity index (χ1v) is 8.55. The van der Waals surface area contributed by atoms with Gasteiger partial charge in [-0.2, -0.15) is 0 Å². The molecule has 0 spiro atoms. The second kappa shape index (κ2) is 8.48. The lowest BCUT2D eigenvalue weighted by Gasteiger charge is -2.18. The highest BCUT2D eigenvalue weighted by atomic mass is 16.6. The summed E-state index contributed by atoms with van der Waals surface area (Å²) in [6, 6.07) is 8.67. The lowest BCUT2D eigenvalue weighted by molar-refractivity contribution is 0.102. The largest absolute Gasteiger partial charge is 0.486 e. The number of ether oxygens (including phenoxy) is 2. The van der Waals surface area contributed by atoms with E-state index >= 15 is 0 Å². The summed E-state index contributed by atoms with van der Waals surface area (Å²) in [5.41, 5.74) is 0.866. The quantitative estimate of drug-likeness (QED) is 0.731. The Morgan fingerprint density at radius 3 is 2.65 bits per heavy atom. The molecular formula is C18H23N5O3. The zero-order chi connectivity index (χ0) is 18.4. The molecule has 1 aromatic heterocycles. The molecule has 1 aliphatic heterocycles. The number of hydrogen-bond acceptors (Lipinski definition) is 7. The van der Waals surface area contributed by atoms with Gasteiger partial charge < -0.3 is 25.0 Å². The molecule has 3 rings (SSSR count). The minimum atomic E-state index is -0.326. The zero-order valence-electron chi connectivity index (χ0n) is 15.0. The van der Waals surface area contributed by atoms with Crippen LogP contribution in [-0.4, -0.2) is 61.4 Å². The van der Waals surface area contributed by atoms with Crippen LogP contribution in [0.15, 0.2) is 30.3 Å². The number of anilines is 2. The average molecular weight is 357 g/mol. The van der Waals surface area contributed by atoms with Gasteiger partial charge in [0.15, 0.2) is 17.2 Å². The number of rotatable bonds is 7. The van der Waals surface area contributed by atoms with Gasteiger partial charge in [-0.25, -0.2) is 0 Å². The first kappa shape index (κ1) is 17.9. The fourth-order valence-corrected chi connectivity index (χ4v) is 2.48. The number of nitrogens with zero attached hydrogens (tertiary/aromatic N) is 3. The average Bonchev–Trinajstić information content (AvgIpc) is 2.65. The van der Waals surface area contributed by atoms with Crippen LogP contribution in [0.4, 0.5) is 11.5 Å². The van der Waals surface area contributed by atoms with Crippen molar-refractivity contribution < 1.29 is 14.3 Å². The van der Waals surface area contributed by atoms with E-state index in [0.717, 1.165) is 19.5 Å². The van der Waals surface area contributed by atoms with Crippen LogP contribution in [0, 0.1) is 0 Å². The lowest BCUT2D eigenvalue weighted by Crippen LogP contribution is -2.18. The smallest absolute Gasteiger partial charge is 0.276 e. The number of amides is 1. The first-order chi connectivity index (χ1) is 12.6. The van der Waals surface area contributed by atoms with Crippen molar-refractivity contribution in [3.63, 3.8) is 0 Å². The molecule has 2 heterocycles. The Hall–Kier alpha value is -2.87. The highest BCUT2D eigenvalue weighted by Crippen LogP contribution is 2.32. The van der Waals surface area contributed by atoms with Crippen molar-refractivity contribution in [2.75, 3.05) is 51.0 Å². The van der Waals surface area contributed by atoms with E-state index in [2.05, 4.69) is 25.7 Å². The predicted octanol–water partition coefficient (Wildman–Crippen LogP) is 1.86. The summed E-state index contributed by atoms with van der Waals surface area (Å²) in [5, 5.41) is 14.0. The molecule has 0 bridgehead atoms. The third-order valence-electron chi connectivity index (χ3n) is 3.79. The standard InChI is InChI=1S/C18H23N5O3/c1-23(2)9-3-8-19-17-7-5-14(21-22-17)18(24)20-13-4-6-15-16(12-13)26-11-10-25-15/h4-7,12H,3,8-11H2,1-2H3,(H,19,22)(H,20,24). The van der Waals surface area contributed by atoms with Gasteiger partial charge in [0, 0.05) is 18.3 Å². The molecule has 0 aliphatic carbocycles. The molecule has 1 amide bonds. The Balaban J connectivity index is 1.54. The number of carbonyl (C=O) groups excluding carboxylic acids is 1. The maximum Gasteiger partial charge on any atom is 0.276 e. The van der Waals surface area contributed by atoms with Crippen LogP contribution in [0.5, 0.6) is 11.5 Å². The summed E-state index contributed by atoms with van der Waals surface area (Å²) in [6.07, 6.45) is 1.00. The van der Waals surface area contributed by atoms with Gasteiger partial charge in [-0.1, -0.05) is 0 Å². The van der Waals surface area contributed by atoms with Crippen LogP contribution in [0.25, 0.3) is 0 Å². The van der Waals surface area contributed by atoms with Crippen LogP contribution in [-0.2, 0) is 0 Å². The monoisotopic (exact) mass is 357 g/mol.